The second-order valence-electron chi connectivity index (χ2n) is 7.15. The number of hydrogen-bond donors (Lipinski definition) is 2. The third-order valence-corrected chi connectivity index (χ3v) is 7.69. The van der Waals surface area contributed by atoms with Crippen molar-refractivity contribution in [1.82, 2.24) is 14.9 Å². The van der Waals surface area contributed by atoms with E-state index in [1.807, 2.05) is 4.90 Å². The summed E-state index contributed by atoms with van der Waals surface area (Å²) in [4.78, 5) is 23.4. The van der Waals surface area contributed by atoms with Crippen LogP contribution in [-0.2, 0) is 14.6 Å². The zero-order chi connectivity index (χ0) is 22.7. The molecule has 0 radical (unpaired) electrons. The number of carbonyl (C=O) groups excluding carboxylic acids is 1. The summed E-state index contributed by atoms with van der Waals surface area (Å²) in [5, 5.41) is 7.18. The Hall–Kier alpha value is -2.60. The van der Waals surface area contributed by atoms with Gasteiger partial charge in [0.15, 0.2) is 9.84 Å². The van der Waals surface area contributed by atoms with E-state index in [1.165, 1.54) is 35.9 Å². The average Bonchev–Trinajstić information content (AvgIpc) is 3.15. The van der Waals surface area contributed by atoms with Crippen molar-refractivity contribution in [3.63, 3.8) is 0 Å². The summed E-state index contributed by atoms with van der Waals surface area (Å²) in [5.41, 5.74) is 0.571. The zero-order valence-corrected chi connectivity index (χ0v) is 19.1. The number of carbonyl (C=O) groups is 1. The summed E-state index contributed by atoms with van der Waals surface area (Å²) in [6.07, 6.45) is 4.54. The van der Waals surface area contributed by atoms with Crippen molar-refractivity contribution >= 4 is 65.4 Å². The normalized spacial score (nSPS) is 16.4. The van der Waals surface area contributed by atoms with Crippen molar-refractivity contribution in [2.45, 2.75) is 0 Å². The smallest absolute Gasteiger partial charge is 0.248 e. The van der Waals surface area contributed by atoms with Crippen LogP contribution in [0.3, 0.4) is 0 Å². The lowest BCUT2D eigenvalue weighted by molar-refractivity contribution is -0.111. The van der Waals surface area contributed by atoms with Crippen LogP contribution in [0.4, 0.5) is 20.9 Å². The predicted octanol–water partition coefficient (Wildman–Crippen LogP) is 3.45. The van der Waals surface area contributed by atoms with Crippen LogP contribution in [0.5, 0.6) is 0 Å². The minimum Gasteiger partial charge on any atom is -0.340 e. The van der Waals surface area contributed by atoms with Crippen LogP contribution in [0.1, 0.15) is 0 Å². The highest BCUT2D eigenvalue weighted by Gasteiger charge is 2.20. The van der Waals surface area contributed by atoms with Crippen molar-refractivity contribution in [2.75, 3.05) is 41.8 Å². The zero-order valence-electron chi connectivity index (χ0n) is 16.7. The lowest BCUT2D eigenvalue weighted by Gasteiger charge is -2.24. The maximum Gasteiger partial charge on any atom is 0.248 e. The number of halogens is 2. The molecule has 3 aromatic rings. The summed E-state index contributed by atoms with van der Waals surface area (Å²) >= 11 is 7.13. The summed E-state index contributed by atoms with van der Waals surface area (Å²) in [7, 11) is -2.92. The van der Waals surface area contributed by atoms with Gasteiger partial charge in [-0.3, -0.25) is 9.69 Å². The van der Waals surface area contributed by atoms with Gasteiger partial charge in [0, 0.05) is 31.4 Å². The molecule has 0 unspecified atom stereocenters. The molecule has 32 heavy (non-hydrogen) atoms. The molecular formula is C20H19ClFN5O3S2. The molecule has 3 heterocycles. The van der Waals surface area contributed by atoms with E-state index in [1.54, 1.807) is 18.2 Å². The summed E-state index contributed by atoms with van der Waals surface area (Å²) in [5.74, 6) is -0.00451. The van der Waals surface area contributed by atoms with Gasteiger partial charge in [0.2, 0.25) is 5.91 Å². The first-order chi connectivity index (χ1) is 15.3. The summed E-state index contributed by atoms with van der Waals surface area (Å²) < 4.78 is 36.3. The van der Waals surface area contributed by atoms with Gasteiger partial charge in [0.05, 0.1) is 26.9 Å². The van der Waals surface area contributed by atoms with E-state index in [2.05, 4.69) is 20.6 Å². The highest BCUT2D eigenvalue weighted by Crippen LogP contribution is 2.33. The maximum atomic E-state index is 13.4. The summed E-state index contributed by atoms with van der Waals surface area (Å²) in [6, 6.07) is 6.03. The first-order valence-electron chi connectivity index (χ1n) is 9.66. The molecule has 4 rings (SSSR count). The van der Waals surface area contributed by atoms with Crippen molar-refractivity contribution in [1.29, 1.82) is 0 Å². The van der Waals surface area contributed by atoms with Crippen LogP contribution in [0.25, 0.3) is 10.2 Å². The van der Waals surface area contributed by atoms with E-state index in [-0.39, 0.29) is 22.4 Å². The number of benzene rings is 1. The molecule has 0 spiro atoms. The number of amides is 1. The number of sulfone groups is 1. The molecule has 1 fully saturated rings. The van der Waals surface area contributed by atoms with Gasteiger partial charge < -0.3 is 10.6 Å². The van der Waals surface area contributed by atoms with Crippen LogP contribution in [-0.4, -0.2) is 60.3 Å². The van der Waals surface area contributed by atoms with Gasteiger partial charge in [-0.25, -0.2) is 22.8 Å². The average molecular weight is 496 g/mol. The van der Waals surface area contributed by atoms with E-state index in [9.17, 15) is 17.6 Å². The number of nitrogens with zero attached hydrogens (tertiary/aromatic N) is 3. The molecule has 2 aromatic heterocycles. The van der Waals surface area contributed by atoms with E-state index in [0.717, 1.165) is 0 Å². The minimum absolute atomic E-state index is 0.00321. The fraction of sp³-hybridized carbons (Fsp3) is 0.250. The van der Waals surface area contributed by atoms with Gasteiger partial charge in [-0.15, -0.1) is 0 Å². The molecule has 1 aliphatic rings. The van der Waals surface area contributed by atoms with Gasteiger partial charge in [0.25, 0.3) is 0 Å². The van der Waals surface area contributed by atoms with Crippen LogP contribution in [0.15, 0.2) is 42.7 Å². The van der Waals surface area contributed by atoms with Crippen LogP contribution >= 0.6 is 22.9 Å². The maximum absolute atomic E-state index is 13.4. The molecule has 8 nitrogen and oxygen atoms in total. The second kappa shape index (κ2) is 9.49. The number of hydrogen-bond acceptors (Lipinski definition) is 8. The van der Waals surface area contributed by atoms with Gasteiger partial charge in [-0.2, -0.15) is 0 Å². The second-order valence-corrected chi connectivity index (χ2v) is 10.9. The fourth-order valence-electron chi connectivity index (χ4n) is 3.13. The Morgan fingerprint density at radius 1 is 1.25 bits per heavy atom. The quantitative estimate of drug-likeness (QED) is 0.505. The highest BCUT2D eigenvalue weighted by atomic mass is 35.5. The molecule has 2 N–H and O–H groups in total. The van der Waals surface area contributed by atoms with E-state index >= 15 is 0 Å². The molecule has 0 saturated carbocycles. The molecule has 1 amide bonds. The molecule has 168 valence electrons. The first kappa shape index (κ1) is 22.6. The Morgan fingerprint density at radius 3 is 2.78 bits per heavy atom. The van der Waals surface area contributed by atoms with Crippen molar-refractivity contribution < 1.29 is 17.6 Å². The van der Waals surface area contributed by atoms with Crippen molar-refractivity contribution in [3.8, 4) is 0 Å². The molecule has 1 saturated heterocycles. The van der Waals surface area contributed by atoms with E-state index < -0.39 is 15.7 Å². The van der Waals surface area contributed by atoms with Gasteiger partial charge in [-0.1, -0.05) is 29.0 Å². The third-order valence-electron chi connectivity index (χ3n) is 4.83. The Morgan fingerprint density at radius 2 is 2.03 bits per heavy atom. The van der Waals surface area contributed by atoms with Gasteiger partial charge in [-0.05, 0) is 24.3 Å². The molecule has 1 aromatic carbocycles. The van der Waals surface area contributed by atoms with Crippen LogP contribution in [0, 0.1) is 5.82 Å². The highest BCUT2D eigenvalue weighted by molar-refractivity contribution is 7.91. The largest absolute Gasteiger partial charge is 0.340 e. The number of aromatic nitrogens is 2. The Labute approximate surface area is 193 Å². The molecule has 1 aliphatic heterocycles. The number of anilines is 3. The number of thiophene rings is 1. The number of fused-ring (bicyclic) bond motifs is 1. The monoisotopic (exact) mass is 495 g/mol. The molecule has 0 bridgehead atoms. The molecule has 0 atom stereocenters. The summed E-state index contributed by atoms with van der Waals surface area (Å²) in [6.45, 7) is 1.45. The number of rotatable bonds is 6. The lowest BCUT2D eigenvalue weighted by atomic mass is 10.3. The first-order valence-corrected chi connectivity index (χ1v) is 12.7. The topological polar surface area (TPSA) is 104 Å². The van der Waals surface area contributed by atoms with Crippen LogP contribution < -0.4 is 10.6 Å². The van der Waals surface area contributed by atoms with E-state index in [4.69, 9.17) is 11.6 Å². The van der Waals surface area contributed by atoms with Gasteiger partial charge >= 0.3 is 0 Å². The molecule has 12 heteroatoms. The fourth-order valence-corrected chi connectivity index (χ4v) is 5.49. The number of nitrogens with one attached hydrogen (secondary N) is 2. The minimum atomic E-state index is -2.92. The Balaban J connectivity index is 1.40. The van der Waals surface area contributed by atoms with Crippen molar-refractivity contribution in [2.24, 2.45) is 0 Å². The van der Waals surface area contributed by atoms with Crippen molar-refractivity contribution in [3.05, 3.63) is 53.6 Å². The predicted molar refractivity (Wildman–Crippen MR) is 125 cm³/mol. The standard InChI is InChI=1S/C20H19ClFN5O3S2/c21-15-10-13(3-4-16(15)22)25-19-14-11-18(31-20(14)24-12-23-19)26-17(28)2-1-5-27-6-8-32(29,30)9-7-27/h1-4,10-12H,5-9H2,(H,26,28)(H,23,24,25)/b2-1+. The Bertz CT molecular complexity index is 1280. The lowest BCUT2D eigenvalue weighted by Crippen LogP contribution is -2.40. The third kappa shape index (κ3) is 5.60. The molecule has 0 aliphatic carbocycles. The van der Waals surface area contributed by atoms with E-state index in [0.29, 0.717) is 46.4 Å². The SMILES string of the molecule is O=C(/C=C/CN1CCS(=O)(=O)CC1)Nc1cc2c(Nc3ccc(F)c(Cl)c3)ncnc2s1. The molecular weight excluding hydrogens is 477 g/mol. The van der Waals surface area contributed by atoms with Crippen LogP contribution in [0.2, 0.25) is 5.02 Å². The van der Waals surface area contributed by atoms with Gasteiger partial charge in [0.1, 0.15) is 22.8 Å². The Kier molecular flexibility index (Phi) is 6.70.